The van der Waals surface area contributed by atoms with Crippen LogP contribution in [-0.2, 0) is 0 Å². The molecule has 0 aliphatic heterocycles. The third kappa shape index (κ3) is 2.20. The van der Waals surface area contributed by atoms with E-state index in [1.54, 1.807) is 24.3 Å². The SMILES string of the molecule is Nc1ccc2nc(Oc3cccc(Cl)c3F)[nH]c2c1. The van der Waals surface area contributed by atoms with Crippen molar-refractivity contribution in [2.45, 2.75) is 0 Å². The molecule has 0 fully saturated rings. The zero-order valence-corrected chi connectivity index (χ0v) is 10.4. The number of fused-ring (bicyclic) bond motifs is 1. The van der Waals surface area contributed by atoms with Gasteiger partial charge in [-0.3, -0.25) is 0 Å². The molecule has 4 nitrogen and oxygen atoms in total. The lowest BCUT2D eigenvalue weighted by Gasteiger charge is -2.03. The molecule has 0 aliphatic rings. The summed E-state index contributed by atoms with van der Waals surface area (Å²) in [5.41, 5.74) is 7.68. The van der Waals surface area contributed by atoms with Crippen LogP contribution in [0.25, 0.3) is 11.0 Å². The minimum atomic E-state index is -0.621. The lowest BCUT2D eigenvalue weighted by molar-refractivity contribution is 0.417. The molecular weight excluding hydrogens is 269 g/mol. The lowest BCUT2D eigenvalue weighted by Crippen LogP contribution is -1.90. The molecule has 6 heteroatoms. The molecule has 0 radical (unpaired) electrons. The number of benzene rings is 2. The molecule has 0 atom stereocenters. The van der Waals surface area contributed by atoms with Gasteiger partial charge in [-0.05, 0) is 30.3 Å². The Balaban J connectivity index is 1.99. The number of hydrogen-bond donors (Lipinski definition) is 2. The number of H-pyrrole nitrogens is 1. The molecule has 3 N–H and O–H groups in total. The van der Waals surface area contributed by atoms with Crippen molar-refractivity contribution in [2.24, 2.45) is 0 Å². The Hall–Kier alpha value is -2.27. The van der Waals surface area contributed by atoms with Gasteiger partial charge in [0, 0.05) is 5.69 Å². The second-order valence-electron chi connectivity index (χ2n) is 3.97. The quantitative estimate of drug-likeness (QED) is 0.702. The molecule has 0 spiro atoms. The number of rotatable bonds is 2. The summed E-state index contributed by atoms with van der Waals surface area (Å²) in [4.78, 5) is 7.09. The van der Waals surface area contributed by atoms with E-state index in [4.69, 9.17) is 22.1 Å². The van der Waals surface area contributed by atoms with Gasteiger partial charge in [0.2, 0.25) is 0 Å². The molecule has 1 heterocycles. The third-order valence-electron chi connectivity index (χ3n) is 2.61. The number of anilines is 1. The second kappa shape index (κ2) is 4.44. The second-order valence-corrected chi connectivity index (χ2v) is 4.38. The van der Waals surface area contributed by atoms with Crippen LogP contribution in [0.4, 0.5) is 10.1 Å². The molecule has 0 aliphatic carbocycles. The van der Waals surface area contributed by atoms with Crippen molar-refractivity contribution < 1.29 is 9.13 Å². The van der Waals surface area contributed by atoms with Gasteiger partial charge >= 0.3 is 0 Å². The van der Waals surface area contributed by atoms with Gasteiger partial charge in [-0.2, -0.15) is 4.98 Å². The van der Waals surface area contributed by atoms with Crippen LogP contribution in [0.3, 0.4) is 0 Å². The molecule has 2 aromatic carbocycles. The average molecular weight is 278 g/mol. The van der Waals surface area contributed by atoms with Crippen molar-refractivity contribution in [1.29, 1.82) is 0 Å². The lowest BCUT2D eigenvalue weighted by atomic mass is 10.3. The third-order valence-corrected chi connectivity index (χ3v) is 2.90. The maximum absolute atomic E-state index is 13.7. The fourth-order valence-corrected chi connectivity index (χ4v) is 1.89. The zero-order chi connectivity index (χ0) is 13.4. The summed E-state index contributed by atoms with van der Waals surface area (Å²) in [5, 5.41) is -0.00199. The number of hydrogen-bond acceptors (Lipinski definition) is 3. The van der Waals surface area contributed by atoms with Crippen LogP contribution in [0.2, 0.25) is 5.02 Å². The van der Waals surface area contributed by atoms with E-state index in [1.165, 1.54) is 12.1 Å². The molecule has 0 bridgehead atoms. The van der Waals surface area contributed by atoms with Crippen LogP contribution in [0.15, 0.2) is 36.4 Å². The number of halogens is 2. The summed E-state index contributed by atoms with van der Waals surface area (Å²) in [6.45, 7) is 0. The van der Waals surface area contributed by atoms with Crippen LogP contribution in [0.5, 0.6) is 11.8 Å². The number of aromatic amines is 1. The highest BCUT2D eigenvalue weighted by molar-refractivity contribution is 6.30. The minimum Gasteiger partial charge on any atom is -0.422 e. The van der Waals surface area contributed by atoms with Gasteiger partial charge in [0.05, 0.1) is 16.1 Å². The van der Waals surface area contributed by atoms with Crippen LogP contribution in [0.1, 0.15) is 0 Å². The maximum atomic E-state index is 13.7. The standard InChI is InChI=1S/C13H9ClFN3O/c14-8-2-1-3-11(12(8)15)19-13-17-9-5-4-7(16)6-10(9)18-13/h1-6H,16H2,(H,17,18). The number of nitrogens with one attached hydrogen (secondary N) is 1. The molecule has 0 saturated carbocycles. The summed E-state index contributed by atoms with van der Waals surface area (Å²) < 4.78 is 19.0. The highest BCUT2D eigenvalue weighted by atomic mass is 35.5. The molecule has 0 saturated heterocycles. The first-order valence-corrected chi connectivity index (χ1v) is 5.88. The number of nitrogen functional groups attached to an aromatic ring is 1. The predicted molar refractivity (Wildman–Crippen MR) is 72.0 cm³/mol. The average Bonchev–Trinajstić information content (AvgIpc) is 2.76. The fraction of sp³-hybridized carbons (Fsp3) is 0. The Bertz CT molecular complexity index is 757. The molecule has 0 amide bonds. The molecule has 3 aromatic rings. The molecular formula is C13H9ClFN3O. The van der Waals surface area contributed by atoms with Gasteiger partial charge < -0.3 is 15.5 Å². The van der Waals surface area contributed by atoms with E-state index >= 15 is 0 Å². The maximum Gasteiger partial charge on any atom is 0.300 e. The van der Waals surface area contributed by atoms with Crippen LogP contribution in [-0.4, -0.2) is 9.97 Å². The van der Waals surface area contributed by atoms with E-state index in [9.17, 15) is 4.39 Å². The summed E-state index contributed by atoms with van der Waals surface area (Å²) in [6.07, 6.45) is 0. The Kier molecular flexibility index (Phi) is 2.76. The first-order valence-electron chi connectivity index (χ1n) is 5.50. The first-order chi connectivity index (χ1) is 9.13. The van der Waals surface area contributed by atoms with Crippen molar-refractivity contribution in [2.75, 3.05) is 5.73 Å². The van der Waals surface area contributed by atoms with E-state index in [1.807, 2.05) is 0 Å². The van der Waals surface area contributed by atoms with Gasteiger partial charge in [-0.1, -0.05) is 17.7 Å². The number of imidazole rings is 1. The van der Waals surface area contributed by atoms with Gasteiger partial charge in [0.15, 0.2) is 11.6 Å². The smallest absolute Gasteiger partial charge is 0.300 e. The summed E-state index contributed by atoms with van der Waals surface area (Å²) in [7, 11) is 0. The van der Waals surface area contributed by atoms with Crippen molar-refractivity contribution in [3.05, 3.63) is 47.2 Å². The number of nitrogens with two attached hydrogens (primary N) is 1. The van der Waals surface area contributed by atoms with Crippen molar-refractivity contribution in [3.63, 3.8) is 0 Å². The highest BCUT2D eigenvalue weighted by Crippen LogP contribution is 2.28. The molecule has 96 valence electrons. The zero-order valence-electron chi connectivity index (χ0n) is 9.65. The molecule has 19 heavy (non-hydrogen) atoms. The van der Waals surface area contributed by atoms with Gasteiger partial charge in [0.1, 0.15) is 0 Å². The number of ether oxygens (including phenoxy) is 1. The topological polar surface area (TPSA) is 63.9 Å². The molecule has 3 rings (SSSR count). The summed E-state index contributed by atoms with van der Waals surface area (Å²) in [5.74, 6) is -0.608. The van der Waals surface area contributed by atoms with E-state index in [0.29, 0.717) is 11.2 Å². The highest BCUT2D eigenvalue weighted by Gasteiger charge is 2.11. The van der Waals surface area contributed by atoms with Crippen LogP contribution in [0, 0.1) is 5.82 Å². The normalized spacial score (nSPS) is 10.8. The minimum absolute atomic E-state index is 0.00199. The Morgan fingerprint density at radius 2 is 2.11 bits per heavy atom. The first kappa shape index (κ1) is 11.8. The largest absolute Gasteiger partial charge is 0.422 e. The molecule has 0 unspecified atom stereocenters. The molecule has 1 aromatic heterocycles. The predicted octanol–water partition coefficient (Wildman–Crippen LogP) is 3.73. The monoisotopic (exact) mass is 277 g/mol. The Morgan fingerprint density at radius 3 is 2.95 bits per heavy atom. The fourth-order valence-electron chi connectivity index (χ4n) is 1.72. The van der Waals surface area contributed by atoms with Gasteiger partial charge in [-0.25, -0.2) is 4.39 Å². The Morgan fingerprint density at radius 1 is 1.26 bits per heavy atom. The van der Waals surface area contributed by atoms with Gasteiger partial charge in [-0.15, -0.1) is 0 Å². The Labute approximate surface area is 113 Å². The van der Waals surface area contributed by atoms with E-state index < -0.39 is 5.82 Å². The summed E-state index contributed by atoms with van der Waals surface area (Å²) >= 11 is 5.68. The number of aromatic nitrogens is 2. The van der Waals surface area contributed by atoms with Crippen LogP contribution < -0.4 is 10.5 Å². The summed E-state index contributed by atoms with van der Waals surface area (Å²) in [6, 6.07) is 9.91. The van der Waals surface area contributed by atoms with Crippen LogP contribution >= 0.6 is 11.6 Å². The van der Waals surface area contributed by atoms with Crippen molar-refractivity contribution in [3.8, 4) is 11.8 Å². The van der Waals surface area contributed by atoms with Gasteiger partial charge in [0.25, 0.3) is 6.01 Å². The van der Waals surface area contributed by atoms with E-state index in [0.717, 1.165) is 5.52 Å². The van der Waals surface area contributed by atoms with E-state index in [2.05, 4.69) is 9.97 Å². The van der Waals surface area contributed by atoms with Crippen molar-refractivity contribution in [1.82, 2.24) is 9.97 Å². The van der Waals surface area contributed by atoms with E-state index in [-0.39, 0.29) is 16.8 Å². The van der Waals surface area contributed by atoms with Crippen molar-refractivity contribution >= 4 is 28.3 Å². The number of nitrogens with zero attached hydrogens (tertiary/aromatic N) is 1.